The molecule has 0 bridgehead atoms. The summed E-state index contributed by atoms with van der Waals surface area (Å²) in [7, 11) is 0. The van der Waals surface area contributed by atoms with E-state index in [9.17, 15) is 9.90 Å². The average molecular weight is 297 g/mol. The van der Waals surface area contributed by atoms with Gasteiger partial charge >= 0.3 is 6.03 Å². The summed E-state index contributed by atoms with van der Waals surface area (Å²) in [6.07, 6.45) is -0.0431. The number of aromatic nitrogens is 1. The van der Waals surface area contributed by atoms with Crippen LogP contribution in [0.5, 0.6) is 0 Å². The molecular formula is C17H19N3O2. The average Bonchev–Trinajstić information content (AvgIpc) is 2.74. The van der Waals surface area contributed by atoms with Gasteiger partial charge in [0, 0.05) is 12.1 Å². The van der Waals surface area contributed by atoms with Gasteiger partial charge in [-0.15, -0.1) is 0 Å². The molecule has 22 heavy (non-hydrogen) atoms. The number of carbonyl (C=O) groups excluding carboxylic acids is 1. The minimum Gasteiger partial charge on any atom is -0.390 e. The second-order valence-electron chi connectivity index (χ2n) is 5.72. The number of anilines is 1. The van der Waals surface area contributed by atoms with E-state index in [4.69, 9.17) is 0 Å². The van der Waals surface area contributed by atoms with Gasteiger partial charge in [-0.1, -0.05) is 24.3 Å². The number of pyridine rings is 1. The largest absolute Gasteiger partial charge is 0.390 e. The van der Waals surface area contributed by atoms with Gasteiger partial charge in [0.05, 0.1) is 12.1 Å². The molecule has 2 atom stereocenters. The monoisotopic (exact) mass is 297 g/mol. The zero-order valence-corrected chi connectivity index (χ0v) is 12.6. The number of urea groups is 1. The van der Waals surface area contributed by atoms with Gasteiger partial charge in [-0.2, -0.15) is 0 Å². The summed E-state index contributed by atoms with van der Waals surface area (Å²) >= 11 is 0. The summed E-state index contributed by atoms with van der Waals surface area (Å²) in [4.78, 5) is 16.5. The van der Waals surface area contributed by atoms with Crippen LogP contribution in [0.25, 0.3) is 0 Å². The summed E-state index contributed by atoms with van der Waals surface area (Å²) in [5, 5.41) is 15.7. The highest BCUT2D eigenvalue weighted by Crippen LogP contribution is 2.31. The third kappa shape index (κ3) is 2.94. The van der Waals surface area contributed by atoms with Crippen molar-refractivity contribution in [2.75, 3.05) is 5.32 Å². The van der Waals surface area contributed by atoms with Crippen molar-refractivity contribution < 1.29 is 9.90 Å². The second kappa shape index (κ2) is 5.77. The van der Waals surface area contributed by atoms with Crippen molar-refractivity contribution >= 4 is 11.8 Å². The molecule has 1 aliphatic rings. The van der Waals surface area contributed by atoms with Crippen molar-refractivity contribution in [1.82, 2.24) is 10.3 Å². The van der Waals surface area contributed by atoms with Crippen LogP contribution in [-0.4, -0.2) is 22.2 Å². The first kappa shape index (κ1) is 14.5. The Hall–Kier alpha value is -2.40. The molecule has 3 N–H and O–H groups in total. The number of nitrogens with zero attached hydrogens (tertiary/aromatic N) is 1. The third-order valence-corrected chi connectivity index (χ3v) is 3.83. The minimum atomic E-state index is -0.602. The SMILES string of the molecule is Cc1cc(C)nc(NC(=O)N[C@H]2c3ccccc3C[C@@H]2O)c1. The lowest BCUT2D eigenvalue weighted by Crippen LogP contribution is -2.37. The molecule has 2 aromatic rings. The molecule has 5 nitrogen and oxygen atoms in total. The molecule has 0 saturated carbocycles. The number of amides is 2. The molecule has 1 aliphatic carbocycles. The van der Waals surface area contributed by atoms with Gasteiger partial charge in [-0.25, -0.2) is 9.78 Å². The molecule has 1 aromatic carbocycles. The van der Waals surface area contributed by atoms with Crippen LogP contribution in [0.1, 0.15) is 28.4 Å². The topological polar surface area (TPSA) is 74.2 Å². The maximum absolute atomic E-state index is 12.2. The normalized spacial score (nSPS) is 19.6. The Morgan fingerprint density at radius 1 is 1.27 bits per heavy atom. The Balaban J connectivity index is 1.72. The first-order valence-electron chi connectivity index (χ1n) is 7.31. The molecule has 1 heterocycles. The summed E-state index contributed by atoms with van der Waals surface area (Å²) in [5.74, 6) is 0.510. The van der Waals surface area contributed by atoms with Crippen molar-refractivity contribution in [3.63, 3.8) is 0 Å². The van der Waals surface area contributed by atoms with E-state index in [1.807, 2.05) is 50.2 Å². The van der Waals surface area contributed by atoms with E-state index in [2.05, 4.69) is 15.6 Å². The lowest BCUT2D eigenvalue weighted by atomic mass is 10.1. The van der Waals surface area contributed by atoms with Crippen LogP contribution >= 0.6 is 0 Å². The number of hydrogen-bond acceptors (Lipinski definition) is 3. The second-order valence-corrected chi connectivity index (χ2v) is 5.72. The zero-order valence-electron chi connectivity index (χ0n) is 12.6. The van der Waals surface area contributed by atoms with Crippen LogP contribution in [0.4, 0.5) is 10.6 Å². The van der Waals surface area contributed by atoms with Gasteiger partial charge in [0.1, 0.15) is 5.82 Å². The van der Waals surface area contributed by atoms with Crippen molar-refractivity contribution in [2.45, 2.75) is 32.4 Å². The fourth-order valence-corrected chi connectivity index (χ4v) is 2.95. The third-order valence-electron chi connectivity index (χ3n) is 3.83. The summed E-state index contributed by atoms with van der Waals surface area (Å²) in [6.45, 7) is 3.84. The number of hydrogen-bond donors (Lipinski definition) is 3. The number of fused-ring (bicyclic) bond motifs is 1. The molecule has 0 fully saturated rings. The zero-order chi connectivity index (χ0) is 15.7. The number of aliphatic hydroxyl groups is 1. The van der Waals surface area contributed by atoms with Crippen LogP contribution in [0.15, 0.2) is 36.4 Å². The van der Waals surface area contributed by atoms with E-state index in [1.165, 1.54) is 0 Å². The number of aryl methyl sites for hydroxylation is 2. The molecule has 0 unspecified atom stereocenters. The van der Waals surface area contributed by atoms with Crippen molar-refractivity contribution in [3.05, 3.63) is 58.8 Å². The van der Waals surface area contributed by atoms with E-state index in [0.29, 0.717) is 12.2 Å². The number of benzene rings is 1. The quantitative estimate of drug-likeness (QED) is 0.797. The van der Waals surface area contributed by atoms with Gasteiger partial charge in [0.25, 0.3) is 0 Å². The Morgan fingerprint density at radius 3 is 2.82 bits per heavy atom. The fraction of sp³-hybridized carbons (Fsp3) is 0.294. The lowest BCUT2D eigenvalue weighted by molar-refractivity contribution is 0.144. The number of nitrogens with one attached hydrogen (secondary N) is 2. The van der Waals surface area contributed by atoms with Crippen LogP contribution in [0.3, 0.4) is 0 Å². The standard InChI is InChI=1S/C17H19N3O2/c1-10-7-11(2)18-15(8-10)19-17(22)20-16-13-6-4-3-5-12(13)9-14(16)21/h3-8,14,16,21H,9H2,1-2H3,(H2,18,19,20,22)/t14-,16-/m0/s1. The molecule has 3 rings (SSSR count). The Morgan fingerprint density at radius 2 is 2.05 bits per heavy atom. The van der Waals surface area contributed by atoms with Crippen LogP contribution in [0.2, 0.25) is 0 Å². The number of aliphatic hydroxyl groups excluding tert-OH is 1. The fourth-order valence-electron chi connectivity index (χ4n) is 2.95. The van der Waals surface area contributed by atoms with Crippen LogP contribution < -0.4 is 10.6 Å². The van der Waals surface area contributed by atoms with E-state index in [1.54, 1.807) is 0 Å². The Kier molecular flexibility index (Phi) is 3.81. The van der Waals surface area contributed by atoms with Crippen molar-refractivity contribution in [2.24, 2.45) is 0 Å². The van der Waals surface area contributed by atoms with E-state index < -0.39 is 6.10 Å². The lowest BCUT2D eigenvalue weighted by Gasteiger charge is -2.18. The minimum absolute atomic E-state index is 0.363. The molecule has 0 aliphatic heterocycles. The van der Waals surface area contributed by atoms with Crippen LogP contribution in [-0.2, 0) is 6.42 Å². The molecule has 1 aromatic heterocycles. The number of carbonyl (C=O) groups is 1. The molecular weight excluding hydrogens is 278 g/mol. The van der Waals surface area contributed by atoms with Crippen molar-refractivity contribution in [1.29, 1.82) is 0 Å². The van der Waals surface area contributed by atoms with E-state index in [-0.39, 0.29) is 12.1 Å². The van der Waals surface area contributed by atoms with Gasteiger partial charge in [-0.3, -0.25) is 5.32 Å². The molecule has 0 spiro atoms. The highest BCUT2D eigenvalue weighted by Gasteiger charge is 2.31. The van der Waals surface area contributed by atoms with Gasteiger partial charge in [-0.05, 0) is 42.7 Å². The summed E-state index contributed by atoms with van der Waals surface area (Å²) < 4.78 is 0. The molecule has 0 saturated heterocycles. The van der Waals surface area contributed by atoms with E-state index in [0.717, 1.165) is 22.4 Å². The van der Waals surface area contributed by atoms with E-state index >= 15 is 0 Å². The molecule has 2 amide bonds. The molecule has 114 valence electrons. The Bertz CT molecular complexity index is 695. The first-order chi connectivity index (χ1) is 10.5. The predicted octanol–water partition coefficient (Wildman–Crippen LogP) is 2.48. The Labute approximate surface area is 129 Å². The maximum Gasteiger partial charge on any atom is 0.320 e. The van der Waals surface area contributed by atoms with Gasteiger partial charge in [0.2, 0.25) is 0 Å². The summed E-state index contributed by atoms with van der Waals surface area (Å²) in [5.41, 5.74) is 3.93. The molecule has 5 heteroatoms. The maximum atomic E-state index is 12.2. The smallest absolute Gasteiger partial charge is 0.320 e. The van der Waals surface area contributed by atoms with Gasteiger partial charge in [0.15, 0.2) is 0 Å². The number of rotatable bonds is 2. The highest BCUT2D eigenvalue weighted by atomic mass is 16.3. The van der Waals surface area contributed by atoms with Crippen molar-refractivity contribution in [3.8, 4) is 0 Å². The molecule has 0 radical (unpaired) electrons. The van der Waals surface area contributed by atoms with Gasteiger partial charge < -0.3 is 10.4 Å². The highest BCUT2D eigenvalue weighted by molar-refractivity contribution is 5.88. The summed E-state index contributed by atoms with van der Waals surface area (Å²) in [6, 6.07) is 10.8. The predicted molar refractivity (Wildman–Crippen MR) is 84.8 cm³/mol. The first-order valence-corrected chi connectivity index (χ1v) is 7.31. The van der Waals surface area contributed by atoms with Crippen LogP contribution in [0, 0.1) is 13.8 Å².